The molecule has 0 aliphatic heterocycles. The van der Waals surface area contributed by atoms with Gasteiger partial charge in [0.1, 0.15) is 0 Å². The summed E-state index contributed by atoms with van der Waals surface area (Å²) in [5, 5.41) is 0. The first kappa shape index (κ1) is 15.7. The van der Waals surface area contributed by atoms with Gasteiger partial charge in [-0.05, 0) is 29.3 Å². The molecule has 0 saturated heterocycles. The van der Waals surface area contributed by atoms with Crippen LogP contribution in [0.1, 0.15) is 0 Å². The molecule has 4 aromatic rings. The van der Waals surface area contributed by atoms with Crippen molar-refractivity contribution >= 4 is 15.9 Å². The molecular weight excluding hydrogens is 372 g/mol. The Kier molecular flexibility index (Phi) is 4.40. The molecule has 0 aliphatic carbocycles. The second kappa shape index (κ2) is 6.99. The first-order chi connectivity index (χ1) is 12.3. The topological polar surface area (TPSA) is 25.8 Å². The Morgan fingerprint density at radius 1 is 0.560 bits per heavy atom. The van der Waals surface area contributed by atoms with Gasteiger partial charge in [-0.2, -0.15) is 0 Å². The van der Waals surface area contributed by atoms with Gasteiger partial charge >= 0.3 is 0 Å². The molecule has 0 amide bonds. The number of nitrogens with zero attached hydrogens (tertiary/aromatic N) is 2. The van der Waals surface area contributed by atoms with Crippen molar-refractivity contribution in [3.63, 3.8) is 0 Å². The lowest BCUT2D eigenvalue weighted by atomic mass is 10.0. The lowest BCUT2D eigenvalue weighted by Gasteiger charge is -2.06. The molecule has 0 fully saturated rings. The predicted molar refractivity (Wildman–Crippen MR) is 106 cm³/mol. The summed E-state index contributed by atoms with van der Waals surface area (Å²) >= 11 is 3.46. The van der Waals surface area contributed by atoms with E-state index in [1.54, 1.807) is 0 Å². The summed E-state index contributed by atoms with van der Waals surface area (Å²) in [6.45, 7) is 0. The monoisotopic (exact) mass is 386 g/mol. The van der Waals surface area contributed by atoms with Gasteiger partial charge in [0.05, 0.1) is 5.69 Å². The van der Waals surface area contributed by atoms with E-state index in [0.717, 1.165) is 27.1 Å². The first-order valence-corrected chi connectivity index (χ1v) is 8.84. The van der Waals surface area contributed by atoms with Gasteiger partial charge in [-0.3, -0.25) is 0 Å². The first-order valence-electron chi connectivity index (χ1n) is 8.04. The van der Waals surface area contributed by atoms with Gasteiger partial charge in [0.2, 0.25) is 0 Å². The predicted octanol–water partition coefficient (Wildman–Crippen LogP) is 6.24. The van der Waals surface area contributed by atoms with Crippen molar-refractivity contribution in [3.05, 3.63) is 95.6 Å². The largest absolute Gasteiger partial charge is 0.237 e. The van der Waals surface area contributed by atoms with Gasteiger partial charge in [0, 0.05) is 21.8 Å². The van der Waals surface area contributed by atoms with E-state index in [2.05, 4.69) is 69.4 Å². The standard InChI is InChI=1S/C22H15BrN2/c23-20-12-10-18(11-13-20)21-14-15-24-22(25-21)19-8-6-17(7-9-19)16-4-2-1-3-5-16/h1-15H. The second-order valence-corrected chi connectivity index (χ2v) is 6.63. The molecule has 0 spiro atoms. The third-order valence-corrected chi connectivity index (χ3v) is 4.57. The van der Waals surface area contributed by atoms with Crippen LogP contribution in [0.25, 0.3) is 33.8 Å². The molecule has 1 aromatic heterocycles. The molecule has 0 radical (unpaired) electrons. The summed E-state index contributed by atoms with van der Waals surface area (Å²) < 4.78 is 1.06. The summed E-state index contributed by atoms with van der Waals surface area (Å²) in [5.74, 6) is 0.736. The van der Waals surface area contributed by atoms with Crippen molar-refractivity contribution in [1.29, 1.82) is 0 Å². The molecule has 0 unspecified atom stereocenters. The van der Waals surface area contributed by atoms with Gasteiger partial charge in [-0.1, -0.05) is 82.7 Å². The average Bonchev–Trinajstić information content (AvgIpc) is 2.69. The van der Waals surface area contributed by atoms with Crippen LogP contribution in [0, 0.1) is 0 Å². The van der Waals surface area contributed by atoms with E-state index in [1.165, 1.54) is 11.1 Å². The van der Waals surface area contributed by atoms with E-state index < -0.39 is 0 Å². The van der Waals surface area contributed by atoms with Crippen LogP contribution >= 0.6 is 15.9 Å². The fourth-order valence-corrected chi connectivity index (χ4v) is 2.99. The van der Waals surface area contributed by atoms with E-state index in [1.807, 2.05) is 42.6 Å². The van der Waals surface area contributed by atoms with Crippen LogP contribution < -0.4 is 0 Å². The van der Waals surface area contributed by atoms with Gasteiger partial charge in [-0.25, -0.2) is 9.97 Å². The van der Waals surface area contributed by atoms with Crippen molar-refractivity contribution in [3.8, 4) is 33.8 Å². The highest BCUT2D eigenvalue weighted by Crippen LogP contribution is 2.25. The molecule has 0 atom stereocenters. The smallest absolute Gasteiger partial charge is 0.159 e. The SMILES string of the molecule is Brc1ccc(-c2ccnc(-c3ccc(-c4ccccc4)cc3)n2)cc1. The maximum Gasteiger partial charge on any atom is 0.159 e. The molecule has 120 valence electrons. The fraction of sp³-hybridized carbons (Fsp3) is 0. The summed E-state index contributed by atoms with van der Waals surface area (Å²) in [5.41, 5.74) is 5.41. The van der Waals surface area contributed by atoms with Crippen molar-refractivity contribution in [1.82, 2.24) is 9.97 Å². The van der Waals surface area contributed by atoms with E-state index in [0.29, 0.717) is 0 Å². The maximum absolute atomic E-state index is 4.72. The number of hydrogen-bond donors (Lipinski definition) is 0. The molecule has 2 nitrogen and oxygen atoms in total. The highest BCUT2D eigenvalue weighted by molar-refractivity contribution is 9.10. The molecule has 25 heavy (non-hydrogen) atoms. The summed E-state index contributed by atoms with van der Waals surface area (Å²) in [6.07, 6.45) is 1.81. The highest BCUT2D eigenvalue weighted by atomic mass is 79.9. The van der Waals surface area contributed by atoms with E-state index in [4.69, 9.17) is 4.98 Å². The van der Waals surface area contributed by atoms with Gasteiger partial charge < -0.3 is 0 Å². The van der Waals surface area contributed by atoms with Crippen molar-refractivity contribution in [2.75, 3.05) is 0 Å². The molecule has 4 rings (SSSR count). The van der Waals surface area contributed by atoms with Gasteiger partial charge in [0.25, 0.3) is 0 Å². The Hall–Kier alpha value is -2.78. The third kappa shape index (κ3) is 3.52. The van der Waals surface area contributed by atoms with Crippen LogP contribution in [0.4, 0.5) is 0 Å². The maximum atomic E-state index is 4.72. The van der Waals surface area contributed by atoms with Crippen LogP contribution in [-0.2, 0) is 0 Å². The number of aromatic nitrogens is 2. The minimum absolute atomic E-state index is 0.736. The number of halogens is 1. The number of hydrogen-bond acceptors (Lipinski definition) is 2. The van der Waals surface area contributed by atoms with Crippen LogP contribution in [-0.4, -0.2) is 9.97 Å². The Morgan fingerprint density at radius 3 is 1.88 bits per heavy atom. The minimum Gasteiger partial charge on any atom is -0.237 e. The zero-order valence-electron chi connectivity index (χ0n) is 13.4. The molecule has 0 N–H and O–H groups in total. The highest BCUT2D eigenvalue weighted by Gasteiger charge is 2.05. The van der Waals surface area contributed by atoms with Gasteiger partial charge in [-0.15, -0.1) is 0 Å². The van der Waals surface area contributed by atoms with Crippen molar-refractivity contribution in [2.24, 2.45) is 0 Å². The minimum atomic E-state index is 0.736. The molecular formula is C22H15BrN2. The van der Waals surface area contributed by atoms with E-state index in [9.17, 15) is 0 Å². The van der Waals surface area contributed by atoms with Crippen molar-refractivity contribution < 1.29 is 0 Å². The van der Waals surface area contributed by atoms with Crippen LogP contribution in [0.5, 0.6) is 0 Å². The van der Waals surface area contributed by atoms with Crippen molar-refractivity contribution in [2.45, 2.75) is 0 Å². The normalized spacial score (nSPS) is 10.6. The Bertz CT molecular complexity index is 978. The lowest BCUT2D eigenvalue weighted by molar-refractivity contribution is 1.18. The zero-order chi connectivity index (χ0) is 17.1. The molecule has 3 aromatic carbocycles. The lowest BCUT2D eigenvalue weighted by Crippen LogP contribution is -1.91. The third-order valence-electron chi connectivity index (χ3n) is 4.05. The Labute approximate surface area is 155 Å². The molecule has 0 aliphatic rings. The molecule has 1 heterocycles. The van der Waals surface area contributed by atoms with Crippen LogP contribution in [0.15, 0.2) is 95.6 Å². The Balaban J connectivity index is 1.66. The summed E-state index contributed by atoms with van der Waals surface area (Å²) in [4.78, 5) is 9.15. The van der Waals surface area contributed by atoms with E-state index in [-0.39, 0.29) is 0 Å². The molecule has 0 bridgehead atoms. The summed E-state index contributed by atoms with van der Waals surface area (Å²) in [6, 6.07) is 28.8. The van der Waals surface area contributed by atoms with Crippen LogP contribution in [0.3, 0.4) is 0 Å². The fourth-order valence-electron chi connectivity index (χ4n) is 2.72. The molecule has 3 heteroatoms. The zero-order valence-corrected chi connectivity index (χ0v) is 15.0. The number of rotatable bonds is 3. The summed E-state index contributed by atoms with van der Waals surface area (Å²) in [7, 11) is 0. The average molecular weight is 387 g/mol. The van der Waals surface area contributed by atoms with E-state index >= 15 is 0 Å². The number of benzene rings is 3. The second-order valence-electron chi connectivity index (χ2n) is 5.72. The quantitative estimate of drug-likeness (QED) is 0.416. The van der Waals surface area contributed by atoms with Gasteiger partial charge in [0.15, 0.2) is 5.82 Å². The Morgan fingerprint density at radius 2 is 1.16 bits per heavy atom. The van der Waals surface area contributed by atoms with Crippen LogP contribution in [0.2, 0.25) is 0 Å². The molecule has 0 saturated carbocycles.